The molecular formula is C16H19BrO3S. The standard InChI is InChI=1S/C16H19BrO3S/c1-19-15(18)8-16(4-5-16)10-21-9-13-7-11-6-12(17)2-3-14(11)20-13/h2-3,6,13H,4-5,7-10H2,1H3. The highest BCUT2D eigenvalue weighted by Gasteiger charge is 2.44. The van der Waals surface area contributed by atoms with Crippen LogP contribution in [-0.2, 0) is 16.0 Å². The van der Waals surface area contributed by atoms with Crippen molar-refractivity contribution in [2.75, 3.05) is 18.6 Å². The zero-order chi connectivity index (χ0) is 14.9. The van der Waals surface area contributed by atoms with E-state index in [0.29, 0.717) is 6.42 Å². The van der Waals surface area contributed by atoms with Crippen molar-refractivity contribution in [3.8, 4) is 5.75 Å². The second kappa shape index (κ2) is 6.21. The molecule has 0 spiro atoms. The molecule has 0 N–H and O–H groups in total. The van der Waals surface area contributed by atoms with Crippen LogP contribution >= 0.6 is 27.7 Å². The van der Waals surface area contributed by atoms with Crippen LogP contribution < -0.4 is 4.74 Å². The van der Waals surface area contributed by atoms with Crippen molar-refractivity contribution < 1.29 is 14.3 Å². The molecule has 0 saturated heterocycles. The number of fused-ring (bicyclic) bond motifs is 1. The average Bonchev–Trinajstić information content (AvgIpc) is 3.09. The Bertz CT molecular complexity index is 542. The number of esters is 1. The number of halogens is 1. The number of methoxy groups -OCH3 is 1. The van der Waals surface area contributed by atoms with Gasteiger partial charge in [-0.05, 0) is 47.8 Å². The maximum absolute atomic E-state index is 11.4. The molecule has 114 valence electrons. The maximum Gasteiger partial charge on any atom is 0.306 e. The van der Waals surface area contributed by atoms with E-state index in [1.807, 2.05) is 23.9 Å². The maximum atomic E-state index is 11.4. The van der Waals surface area contributed by atoms with Gasteiger partial charge in [0.25, 0.3) is 0 Å². The lowest BCUT2D eigenvalue weighted by molar-refractivity contribution is -0.141. The molecule has 21 heavy (non-hydrogen) atoms. The molecular weight excluding hydrogens is 352 g/mol. The molecule has 1 aromatic rings. The van der Waals surface area contributed by atoms with Crippen LogP contribution in [0, 0.1) is 5.41 Å². The van der Waals surface area contributed by atoms with Crippen molar-refractivity contribution in [1.82, 2.24) is 0 Å². The number of hydrogen-bond donors (Lipinski definition) is 0. The van der Waals surface area contributed by atoms with Crippen LogP contribution in [0.5, 0.6) is 5.75 Å². The van der Waals surface area contributed by atoms with Crippen LogP contribution in [0.25, 0.3) is 0 Å². The second-order valence-electron chi connectivity index (χ2n) is 5.96. The first-order chi connectivity index (χ1) is 10.1. The van der Waals surface area contributed by atoms with Gasteiger partial charge in [-0.25, -0.2) is 0 Å². The fourth-order valence-corrected chi connectivity index (χ4v) is 4.51. The summed E-state index contributed by atoms with van der Waals surface area (Å²) in [5, 5.41) is 0. The molecule has 1 fully saturated rings. The Labute approximate surface area is 137 Å². The van der Waals surface area contributed by atoms with E-state index in [4.69, 9.17) is 9.47 Å². The van der Waals surface area contributed by atoms with Crippen molar-refractivity contribution >= 4 is 33.7 Å². The monoisotopic (exact) mass is 370 g/mol. The summed E-state index contributed by atoms with van der Waals surface area (Å²) >= 11 is 5.40. The SMILES string of the molecule is COC(=O)CC1(CSCC2Cc3cc(Br)ccc3O2)CC1. The van der Waals surface area contributed by atoms with Gasteiger partial charge in [0.05, 0.1) is 13.5 Å². The Hall–Kier alpha value is -0.680. The predicted molar refractivity (Wildman–Crippen MR) is 87.9 cm³/mol. The Balaban J connectivity index is 1.44. The number of hydrogen-bond acceptors (Lipinski definition) is 4. The van der Waals surface area contributed by atoms with Gasteiger partial charge in [0.2, 0.25) is 0 Å². The van der Waals surface area contributed by atoms with Crippen molar-refractivity contribution in [2.24, 2.45) is 5.41 Å². The molecule has 3 nitrogen and oxygen atoms in total. The van der Waals surface area contributed by atoms with Crippen LogP contribution in [0.2, 0.25) is 0 Å². The lowest BCUT2D eigenvalue weighted by Gasteiger charge is -2.15. The third kappa shape index (κ3) is 3.75. The number of carbonyl (C=O) groups excluding carboxylic acids is 1. The minimum absolute atomic E-state index is 0.0810. The Morgan fingerprint density at radius 2 is 2.33 bits per heavy atom. The molecule has 1 saturated carbocycles. The van der Waals surface area contributed by atoms with Gasteiger partial charge in [-0.1, -0.05) is 15.9 Å². The largest absolute Gasteiger partial charge is 0.489 e. The van der Waals surface area contributed by atoms with Gasteiger partial charge in [-0.15, -0.1) is 0 Å². The van der Waals surface area contributed by atoms with Crippen LogP contribution in [0.4, 0.5) is 0 Å². The number of benzene rings is 1. The normalized spacial score (nSPS) is 21.5. The first-order valence-electron chi connectivity index (χ1n) is 7.20. The van der Waals surface area contributed by atoms with Gasteiger partial charge < -0.3 is 9.47 Å². The first kappa shape index (κ1) is 15.2. The van der Waals surface area contributed by atoms with E-state index in [-0.39, 0.29) is 17.5 Å². The zero-order valence-electron chi connectivity index (χ0n) is 12.1. The summed E-state index contributed by atoms with van der Waals surface area (Å²) in [6.07, 6.45) is 4.09. The van der Waals surface area contributed by atoms with E-state index in [9.17, 15) is 4.79 Å². The molecule has 1 atom stereocenters. The van der Waals surface area contributed by atoms with Crippen LogP contribution in [0.1, 0.15) is 24.8 Å². The van der Waals surface area contributed by atoms with Crippen molar-refractivity contribution in [3.05, 3.63) is 28.2 Å². The third-order valence-corrected chi connectivity index (χ3v) is 6.10. The van der Waals surface area contributed by atoms with Gasteiger partial charge in [0.1, 0.15) is 11.9 Å². The molecule has 2 aliphatic rings. The van der Waals surface area contributed by atoms with E-state index in [2.05, 4.69) is 22.0 Å². The predicted octanol–water partition coefficient (Wildman–Crippen LogP) is 3.83. The molecule has 1 aliphatic carbocycles. The van der Waals surface area contributed by atoms with E-state index in [1.165, 1.54) is 12.7 Å². The summed E-state index contributed by atoms with van der Waals surface area (Å²) in [4.78, 5) is 11.4. The molecule has 1 unspecified atom stereocenters. The van der Waals surface area contributed by atoms with Gasteiger partial charge in [-0.2, -0.15) is 11.8 Å². The van der Waals surface area contributed by atoms with Gasteiger partial charge >= 0.3 is 5.97 Å². The van der Waals surface area contributed by atoms with E-state index in [1.54, 1.807) is 0 Å². The minimum Gasteiger partial charge on any atom is -0.489 e. The minimum atomic E-state index is -0.0810. The molecule has 1 aromatic carbocycles. The van der Waals surface area contributed by atoms with Gasteiger partial charge in [0.15, 0.2) is 0 Å². The highest BCUT2D eigenvalue weighted by Crippen LogP contribution is 2.51. The summed E-state index contributed by atoms with van der Waals surface area (Å²) in [5.74, 6) is 2.94. The second-order valence-corrected chi connectivity index (χ2v) is 7.91. The fourth-order valence-electron chi connectivity index (χ4n) is 2.72. The van der Waals surface area contributed by atoms with Crippen molar-refractivity contribution in [3.63, 3.8) is 0 Å². The highest BCUT2D eigenvalue weighted by molar-refractivity contribution is 9.10. The van der Waals surface area contributed by atoms with Crippen LogP contribution in [-0.4, -0.2) is 30.7 Å². The lowest BCUT2D eigenvalue weighted by atomic mass is 10.1. The van der Waals surface area contributed by atoms with Gasteiger partial charge in [-0.3, -0.25) is 4.79 Å². The molecule has 1 heterocycles. The average molecular weight is 371 g/mol. The Morgan fingerprint density at radius 1 is 1.52 bits per heavy atom. The molecule has 1 aliphatic heterocycles. The van der Waals surface area contributed by atoms with Crippen molar-refractivity contribution in [2.45, 2.75) is 31.8 Å². The fraction of sp³-hybridized carbons (Fsp3) is 0.562. The smallest absolute Gasteiger partial charge is 0.306 e. The molecule has 0 amide bonds. The molecule has 0 bridgehead atoms. The molecule has 5 heteroatoms. The Kier molecular flexibility index (Phi) is 4.50. The number of rotatable bonds is 6. The number of ether oxygens (including phenoxy) is 2. The quantitative estimate of drug-likeness (QED) is 0.712. The highest BCUT2D eigenvalue weighted by atomic mass is 79.9. The number of thioether (sulfide) groups is 1. The van der Waals surface area contributed by atoms with Crippen molar-refractivity contribution in [1.29, 1.82) is 0 Å². The van der Waals surface area contributed by atoms with E-state index >= 15 is 0 Å². The summed E-state index contributed by atoms with van der Waals surface area (Å²) in [6.45, 7) is 0. The number of carbonyl (C=O) groups is 1. The first-order valence-corrected chi connectivity index (χ1v) is 9.15. The molecule has 0 aromatic heterocycles. The zero-order valence-corrected chi connectivity index (χ0v) is 14.5. The summed E-state index contributed by atoms with van der Waals surface area (Å²) in [5.41, 5.74) is 1.48. The third-order valence-electron chi connectivity index (χ3n) is 4.18. The van der Waals surface area contributed by atoms with Gasteiger partial charge in [0, 0.05) is 16.6 Å². The molecule has 3 rings (SSSR count). The lowest BCUT2D eigenvalue weighted by Crippen LogP contribution is -2.19. The summed E-state index contributed by atoms with van der Waals surface area (Å²) < 4.78 is 11.9. The topological polar surface area (TPSA) is 35.5 Å². The summed E-state index contributed by atoms with van der Waals surface area (Å²) in [7, 11) is 1.47. The molecule has 0 radical (unpaired) electrons. The van der Waals surface area contributed by atoms with E-state index < -0.39 is 0 Å². The summed E-state index contributed by atoms with van der Waals surface area (Å²) in [6, 6.07) is 6.19. The Morgan fingerprint density at radius 3 is 3.05 bits per heavy atom. The van der Waals surface area contributed by atoms with E-state index in [0.717, 1.165) is 41.0 Å². The van der Waals surface area contributed by atoms with Crippen LogP contribution in [0.3, 0.4) is 0 Å². The van der Waals surface area contributed by atoms with Crippen LogP contribution in [0.15, 0.2) is 22.7 Å².